The zero-order valence-electron chi connectivity index (χ0n) is 20.0. The van der Waals surface area contributed by atoms with E-state index in [1.54, 1.807) is 18.2 Å². The highest BCUT2D eigenvalue weighted by Gasteiger charge is 2.29. The fraction of sp³-hybridized carbons (Fsp3) is 0.250. The summed E-state index contributed by atoms with van der Waals surface area (Å²) in [5.41, 5.74) is 4.94. The van der Waals surface area contributed by atoms with Crippen LogP contribution < -0.4 is 16.0 Å². The van der Waals surface area contributed by atoms with Crippen LogP contribution in [0.25, 0.3) is 11.1 Å². The molecule has 1 aliphatic carbocycles. The highest BCUT2D eigenvalue weighted by molar-refractivity contribution is 6.42. The molecule has 1 aliphatic rings. The minimum Gasteiger partial charge on any atom is -0.449 e. The lowest BCUT2D eigenvalue weighted by molar-refractivity contribution is -0.118. The van der Waals surface area contributed by atoms with Gasteiger partial charge in [-0.1, -0.05) is 71.7 Å². The normalized spacial score (nSPS) is 12.7. The zero-order valence-corrected chi connectivity index (χ0v) is 21.5. The molecule has 3 N–H and O–H groups in total. The second kappa shape index (κ2) is 12.6. The summed E-state index contributed by atoms with van der Waals surface area (Å²) in [6.07, 6.45) is 1.56. The number of carbonyl (C=O) groups excluding carboxylic acids is 3. The summed E-state index contributed by atoms with van der Waals surface area (Å²) in [6, 6.07) is 20.1. The third-order valence-electron chi connectivity index (χ3n) is 6.29. The van der Waals surface area contributed by atoms with Crippen molar-refractivity contribution in [1.82, 2.24) is 10.6 Å². The summed E-state index contributed by atoms with van der Waals surface area (Å²) < 4.78 is 5.62. The molecule has 4 rings (SSSR count). The van der Waals surface area contributed by atoms with Gasteiger partial charge in [0.05, 0.1) is 10.0 Å². The number of amides is 3. The molecule has 0 radical (unpaired) electrons. The number of fused-ring (bicyclic) bond motifs is 3. The molecular weight excluding hydrogens is 513 g/mol. The van der Waals surface area contributed by atoms with Crippen LogP contribution in [-0.4, -0.2) is 37.6 Å². The van der Waals surface area contributed by atoms with Crippen molar-refractivity contribution in [3.63, 3.8) is 0 Å². The van der Waals surface area contributed by atoms with Crippen LogP contribution in [0.1, 0.15) is 36.3 Å². The van der Waals surface area contributed by atoms with Crippen molar-refractivity contribution < 1.29 is 19.1 Å². The molecule has 7 nitrogen and oxygen atoms in total. The Bertz CT molecular complexity index is 1240. The van der Waals surface area contributed by atoms with Crippen LogP contribution in [0.2, 0.25) is 10.0 Å². The van der Waals surface area contributed by atoms with Gasteiger partial charge in [0.15, 0.2) is 0 Å². The van der Waals surface area contributed by atoms with E-state index in [1.807, 2.05) is 36.4 Å². The summed E-state index contributed by atoms with van der Waals surface area (Å²) >= 11 is 12.0. The second-order valence-electron chi connectivity index (χ2n) is 8.71. The predicted molar refractivity (Wildman–Crippen MR) is 145 cm³/mol. The number of anilines is 1. The predicted octanol–water partition coefficient (Wildman–Crippen LogP) is 5.76. The van der Waals surface area contributed by atoms with Crippen LogP contribution in [0.4, 0.5) is 10.5 Å². The van der Waals surface area contributed by atoms with Gasteiger partial charge in [-0.15, -0.1) is 0 Å². The molecule has 1 atom stereocenters. The van der Waals surface area contributed by atoms with E-state index in [4.69, 9.17) is 27.9 Å². The van der Waals surface area contributed by atoms with Crippen LogP contribution in [0.5, 0.6) is 0 Å². The molecule has 0 aliphatic heterocycles. The number of hydrogen-bond donors (Lipinski definition) is 3. The first kappa shape index (κ1) is 26.5. The lowest BCUT2D eigenvalue weighted by Gasteiger charge is -2.20. The molecule has 0 fully saturated rings. The number of carbonyl (C=O) groups is 3. The van der Waals surface area contributed by atoms with Gasteiger partial charge in [-0.25, -0.2) is 4.79 Å². The molecule has 0 saturated heterocycles. The standard InChI is InChI=1S/C28H27Cl2N3O4/c29-24-13-12-18(15-25(24)30)32-27(35)26(11-5-6-14-31-17-34)33-28(36)37-16-23-21-9-3-1-7-19(21)20-8-2-4-10-22(20)23/h1-4,7-10,12-13,15,17,23,26H,5-6,11,14,16H2,(H,31,34)(H,32,35)(H,33,36). The van der Waals surface area contributed by atoms with Crippen molar-refractivity contribution in [3.8, 4) is 11.1 Å². The Morgan fingerprint density at radius 2 is 1.59 bits per heavy atom. The first-order valence-corrected chi connectivity index (χ1v) is 12.8. The fourth-order valence-electron chi connectivity index (χ4n) is 4.49. The lowest BCUT2D eigenvalue weighted by Crippen LogP contribution is -2.44. The lowest BCUT2D eigenvalue weighted by atomic mass is 9.98. The Hall–Kier alpha value is -3.55. The molecule has 0 heterocycles. The summed E-state index contributed by atoms with van der Waals surface area (Å²) in [7, 11) is 0. The number of ether oxygens (including phenoxy) is 1. The van der Waals surface area contributed by atoms with E-state index in [-0.39, 0.29) is 12.5 Å². The average molecular weight is 540 g/mol. The summed E-state index contributed by atoms with van der Waals surface area (Å²) in [6.45, 7) is 0.625. The maximum atomic E-state index is 13.0. The first-order valence-electron chi connectivity index (χ1n) is 12.0. The number of benzene rings is 3. The molecule has 3 aromatic carbocycles. The Labute approximate surface area is 225 Å². The van der Waals surface area contributed by atoms with Gasteiger partial charge in [0.2, 0.25) is 12.3 Å². The topological polar surface area (TPSA) is 96.5 Å². The molecule has 1 unspecified atom stereocenters. The molecule has 37 heavy (non-hydrogen) atoms. The van der Waals surface area contributed by atoms with Crippen LogP contribution in [0.3, 0.4) is 0 Å². The molecule has 0 bridgehead atoms. The van der Waals surface area contributed by atoms with Crippen molar-refractivity contribution in [2.45, 2.75) is 31.2 Å². The van der Waals surface area contributed by atoms with Gasteiger partial charge >= 0.3 is 6.09 Å². The van der Waals surface area contributed by atoms with Crippen molar-refractivity contribution in [1.29, 1.82) is 0 Å². The Morgan fingerprint density at radius 3 is 2.24 bits per heavy atom. The van der Waals surface area contributed by atoms with Crippen LogP contribution in [-0.2, 0) is 14.3 Å². The van der Waals surface area contributed by atoms with Crippen molar-refractivity contribution in [2.75, 3.05) is 18.5 Å². The largest absolute Gasteiger partial charge is 0.449 e. The van der Waals surface area contributed by atoms with E-state index in [9.17, 15) is 14.4 Å². The zero-order chi connectivity index (χ0) is 26.2. The Kier molecular flexibility index (Phi) is 9.04. The molecule has 192 valence electrons. The maximum absolute atomic E-state index is 13.0. The van der Waals surface area contributed by atoms with E-state index in [0.29, 0.717) is 47.9 Å². The third-order valence-corrected chi connectivity index (χ3v) is 7.03. The molecule has 3 amide bonds. The third kappa shape index (κ3) is 6.61. The van der Waals surface area contributed by atoms with Crippen molar-refractivity contribution in [3.05, 3.63) is 87.9 Å². The molecule has 3 aromatic rings. The summed E-state index contributed by atoms with van der Waals surface area (Å²) in [4.78, 5) is 36.3. The van der Waals surface area contributed by atoms with E-state index in [1.165, 1.54) is 0 Å². The molecule has 0 saturated carbocycles. The monoisotopic (exact) mass is 539 g/mol. The van der Waals surface area contributed by atoms with E-state index in [0.717, 1.165) is 22.3 Å². The van der Waals surface area contributed by atoms with Crippen molar-refractivity contribution in [2.24, 2.45) is 0 Å². The van der Waals surface area contributed by atoms with Crippen LogP contribution in [0.15, 0.2) is 66.7 Å². The molecule has 0 spiro atoms. The number of nitrogens with one attached hydrogen (secondary N) is 3. The quantitative estimate of drug-likeness (QED) is 0.213. The van der Waals surface area contributed by atoms with Gasteiger partial charge in [0.25, 0.3) is 0 Å². The van der Waals surface area contributed by atoms with Crippen LogP contribution in [0, 0.1) is 0 Å². The maximum Gasteiger partial charge on any atom is 0.407 e. The van der Waals surface area contributed by atoms with E-state index in [2.05, 4.69) is 28.1 Å². The summed E-state index contributed by atoms with van der Waals surface area (Å²) in [5.74, 6) is -0.494. The number of unbranched alkanes of at least 4 members (excludes halogenated alkanes) is 1. The minimum absolute atomic E-state index is 0.0870. The van der Waals surface area contributed by atoms with Gasteiger partial charge in [0.1, 0.15) is 12.6 Å². The SMILES string of the molecule is O=CNCCCCC(NC(=O)OCC1c2ccccc2-c2ccccc21)C(=O)Nc1ccc(Cl)c(Cl)c1. The van der Waals surface area contributed by atoms with Gasteiger partial charge in [-0.05, 0) is 59.7 Å². The van der Waals surface area contributed by atoms with Crippen LogP contribution >= 0.6 is 23.2 Å². The fourth-order valence-corrected chi connectivity index (χ4v) is 4.79. The van der Waals surface area contributed by atoms with Crippen molar-refractivity contribution >= 4 is 47.3 Å². The van der Waals surface area contributed by atoms with Gasteiger partial charge in [-0.2, -0.15) is 0 Å². The first-order chi connectivity index (χ1) is 18.0. The van der Waals surface area contributed by atoms with Gasteiger partial charge in [0, 0.05) is 18.2 Å². The highest BCUT2D eigenvalue weighted by atomic mass is 35.5. The van der Waals surface area contributed by atoms with E-state index >= 15 is 0 Å². The number of hydrogen-bond acceptors (Lipinski definition) is 4. The number of alkyl carbamates (subject to hydrolysis) is 1. The molecule has 0 aromatic heterocycles. The Balaban J connectivity index is 1.40. The minimum atomic E-state index is -0.846. The average Bonchev–Trinajstić information content (AvgIpc) is 3.22. The van der Waals surface area contributed by atoms with E-state index < -0.39 is 18.0 Å². The number of halogens is 2. The summed E-state index contributed by atoms with van der Waals surface area (Å²) in [5, 5.41) is 8.74. The second-order valence-corrected chi connectivity index (χ2v) is 9.52. The molecule has 9 heteroatoms. The smallest absolute Gasteiger partial charge is 0.407 e. The van der Waals surface area contributed by atoms with Gasteiger partial charge in [-0.3, -0.25) is 9.59 Å². The number of rotatable bonds is 11. The van der Waals surface area contributed by atoms with Gasteiger partial charge < -0.3 is 20.7 Å². The Morgan fingerprint density at radius 1 is 0.919 bits per heavy atom. The molecular formula is C28H27Cl2N3O4. The highest BCUT2D eigenvalue weighted by Crippen LogP contribution is 2.44.